The molecule has 0 radical (unpaired) electrons. The molecule has 0 spiro atoms. The highest BCUT2D eigenvalue weighted by atomic mass is 16.7. The average Bonchev–Trinajstić information content (AvgIpc) is 3.62. The highest BCUT2D eigenvalue weighted by Gasteiger charge is 2.43. The van der Waals surface area contributed by atoms with Gasteiger partial charge in [-0.2, -0.15) is 0 Å². The highest BCUT2D eigenvalue weighted by molar-refractivity contribution is 6.03. The number of ketones is 1. The molecule has 2 unspecified atom stereocenters. The zero-order valence-electron chi connectivity index (χ0n) is 24.1. The molecule has 0 bridgehead atoms. The summed E-state index contributed by atoms with van der Waals surface area (Å²) in [5.74, 6) is 1.67. The lowest BCUT2D eigenvalue weighted by Gasteiger charge is -2.32. The van der Waals surface area contributed by atoms with Gasteiger partial charge < -0.3 is 24.3 Å². The Morgan fingerprint density at radius 1 is 0.976 bits per heavy atom. The van der Waals surface area contributed by atoms with Crippen molar-refractivity contribution in [2.24, 2.45) is 0 Å². The number of carbonyl (C=O) groups excluding carboxylic acids is 3. The molecule has 2 aliphatic rings. The van der Waals surface area contributed by atoms with Crippen LogP contribution in [-0.2, 0) is 22.6 Å². The number of amides is 2. The van der Waals surface area contributed by atoms with Crippen molar-refractivity contribution in [3.05, 3.63) is 83.4 Å². The third-order valence-electron chi connectivity index (χ3n) is 7.33. The maximum absolute atomic E-state index is 13.9. The number of hydrogen-bond donors (Lipinski definition) is 1. The number of nitrogens with zero attached hydrogens (tertiary/aromatic N) is 1. The van der Waals surface area contributed by atoms with Crippen LogP contribution in [0.5, 0.6) is 17.2 Å². The third kappa shape index (κ3) is 6.84. The highest BCUT2D eigenvalue weighted by Crippen LogP contribution is 2.36. The Labute approximate surface area is 245 Å². The number of fused-ring (bicyclic) bond motifs is 1. The van der Waals surface area contributed by atoms with Gasteiger partial charge in [-0.15, -0.1) is 0 Å². The Hall–Kier alpha value is -4.53. The fourth-order valence-corrected chi connectivity index (χ4v) is 5.36. The van der Waals surface area contributed by atoms with Crippen LogP contribution in [0.4, 0.5) is 10.5 Å². The quantitative estimate of drug-likeness (QED) is 0.230. The van der Waals surface area contributed by atoms with Crippen molar-refractivity contribution in [3.8, 4) is 17.2 Å². The smallest absolute Gasteiger partial charge is 0.411 e. The molecule has 220 valence electrons. The van der Waals surface area contributed by atoms with E-state index < -0.39 is 17.7 Å². The molecule has 5 rings (SSSR count). The van der Waals surface area contributed by atoms with Crippen LogP contribution < -0.4 is 19.5 Å². The normalized spacial score (nSPS) is 17.5. The van der Waals surface area contributed by atoms with Crippen LogP contribution in [0.1, 0.15) is 61.5 Å². The fraction of sp³-hybridized carbons (Fsp3) is 0.364. The summed E-state index contributed by atoms with van der Waals surface area (Å²) in [6.45, 7) is 5.95. The lowest BCUT2D eigenvalue weighted by atomic mass is 10.0. The molecule has 1 saturated heterocycles. The van der Waals surface area contributed by atoms with Gasteiger partial charge in [0.05, 0.1) is 11.7 Å². The Kier molecular flexibility index (Phi) is 8.66. The number of anilines is 1. The van der Waals surface area contributed by atoms with Crippen LogP contribution >= 0.6 is 0 Å². The van der Waals surface area contributed by atoms with E-state index in [-0.39, 0.29) is 18.6 Å². The van der Waals surface area contributed by atoms with E-state index in [9.17, 15) is 14.4 Å². The van der Waals surface area contributed by atoms with Crippen molar-refractivity contribution in [3.63, 3.8) is 0 Å². The topological polar surface area (TPSA) is 103 Å². The summed E-state index contributed by atoms with van der Waals surface area (Å²) in [6.07, 6.45) is 2.57. The van der Waals surface area contributed by atoms with E-state index in [0.29, 0.717) is 61.5 Å². The van der Waals surface area contributed by atoms with Crippen LogP contribution in [0.15, 0.2) is 66.7 Å². The summed E-state index contributed by atoms with van der Waals surface area (Å²) in [5.41, 5.74) is 2.08. The minimum absolute atomic E-state index is 0.180. The monoisotopic (exact) mass is 572 g/mol. The van der Waals surface area contributed by atoms with Gasteiger partial charge in [0.15, 0.2) is 17.3 Å². The van der Waals surface area contributed by atoms with Gasteiger partial charge in [-0.3, -0.25) is 14.5 Å². The van der Waals surface area contributed by atoms with E-state index >= 15 is 0 Å². The molecule has 2 heterocycles. The Morgan fingerprint density at radius 2 is 1.76 bits per heavy atom. The van der Waals surface area contributed by atoms with Crippen molar-refractivity contribution in [2.45, 2.75) is 70.7 Å². The van der Waals surface area contributed by atoms with Gasteiger partial charge >= 0.3 is 6.09 Å². The first-order valence-electron chi connectivity index (χ1n) is 14.2. The number of benzene rings is 3. The number of rotatable bonds is 10. The summed E-state index contributed by atoms with van der Waals surface area (Å²) in [5, 5.41) is 2.65. The Morgan fingerprint density at radius 3 is 2.52 bits per heavy atom. The molecule has 9 heteroatoms. The molecule has 0 saturated carbocycles. The first-order valence-corrected chi connectivity index (χ1v) is 14.2. The molecule has 42 heavy (non-hydrogen) atoms. The molecular weight excluding hydrogens is 536 g/mol. The largest absolute Gasteiger partial charge is 0.487 e. The summed E-state index contributed by atoms with van der Waals surface area (Å²) < 4.78 is 22.6. The molecule has 2 aliphatic heterocycles. The zero-order valence-corrected chi connectivity index (χ0v) is 24.1. The molecule has 2 atom stereocenters. The lowest BCUT2D eigenvalue weighted by Crippen LogP contribution is -2.47. The van der Waals surface area contributed by atoms with Gasteiger partial charge in [0, 0.05) is 11.6 Å². The van der Waals surface area contributed by atoms with Crippen molar-refractivity contribution in [2.75, 3.05) is 12.1 Å². The molecule has 3 aromatic rings. The molecule has 0 aliphatic carbocycles. The maximum atomic E-state index is 13.9. The minimum atomic E-state index is -0.714. The van der Waals surface area contributed by atoms with Gasteiger partial charge in [0.2, 0.25) is 13.2 Å². The molecule has 2 amide bonds. The summed E-state index contributed by atoms with van der Waals surface area (Å²) >= 11 is 0. The number of carbonyl (C=O) groups is 3. The first-order chi connectivity index (χ1) is 20.2. The standard InChI is InChI=1S/C33H36N2O7/c1-33(2,3)42-32(38)35-25(12-9-22-10-15-29-30(17-22)41-21-40-29)13-14-27(35)31(37)24-11-16-28(26(18-24)34-20-36)39-19-23-7-5-4-6-8-23/h4-8,10-11,15-18,20,25,27H,9,12-14,19,21H2,1-3H3,(H,34,36). The molecule has 1 N–H and O–H groups in total. The van der Waals surface area contributed by atoms with E-state index in [1.807, 2.05) is 69.3 Å². The zero-order chi connectivity index (χ0) is 29.7. The third-order valence-corrected chi connectivity index (χ3v) is 7.33. The van der Waals surface area contributed by atoms with Crippen LogP contribution in [0.2, 0.25) is 0 Å². The second-order valence-corrected chi connectivity index (χ2v) is 11.5. The van der Waals surface area contributed by atoms with Gasteiger partial charge in [-0.1, -0.05) is 36.4 Å². The second-order valence-electron chi connectivity index (χ2n) is 11.5. The average molecular weight is 573 g/mol. The van der Waals surface area contributed by atoms with Crippen LogP contribution in [0, 0.1) is 0 Å². The number of nitrogens with one attached hydrogen (secondary N) is 1. The van der Waals surface area contributed by atoms with Crippen LogP contribution in [0.25, 0.3) is 0 Å². The van der Waals surface area contributed by atoms with E-state index in [0.717, 1.165) is 16.9 Å². The van der Waals surface area contributed by atoms with Crippen LogP contribution in [0.3, 0.4) is 0 Å². The SMILES string of the molecule is CC(C)(C)OC(=O)N1C(CCc2ccc3c(c2)OCO3)CCC1C(=O)c1ccc(OCc2ccccc2)c(NC=O)c1. The number of hydrogen-bond acceptors (Lipinski definition) is 7. The number of aryl methyl sites for hydroxylation is 1. The van der Waals surface area contributed by atoms with Gasteiger partial charge in [0.25, 0.3) is 0 Å². The van der Waals surface area contributed by atoms with Crippen molar-refractivity contribution in [1.82, 2.24) is 4.90 Å². The molecule has 3 aromatic carbocycles. The summed E-state index contributed by atoms with van der Waals surface area (Å²) in [4.78, 5) is 40.3. The van der Waals surface area contributed by atoms with Gasteiger partial charge in [0.1, 0.15) is 18.0 Å². The lowest BCUT2D eigenvalue weighted by molar-refractivity contribution is -0.105. The Bertz CT molecular complexity index is 1430. The van der Waals surface area contributed by atoms with E-state index in [1.165, 1.54) is 0 Å². The molecule has 9 nitrogen and oxygen atoms in total. The first kappa shape index (κ1) is 29.0. The minimum Gasteiger partial charge on any atom is -0.487 e. The van der Waals surface area contributed by atoms with E-state index in [2.05, 4.69) is 5.32 Å². The van der Waals surface area contributed by atoms with E-state index in [4.69, 9.17) is 18.9 Å². The number of ether oxygens (including phenoxy) is 4. The van der Waals surface area contributed by atoms with Gasteiger partial charge in [-0.05, 0) is 87.9 Å². The second kappa shape index (κ2) is 12.5. The summed E-state index contributed by atoms with van der Waals surface area (Å²) in [7, 11) is 0. The molecule has 1 fully saturated rings. The fourth-order valence-electron chi connectivity index (χ4n) is 5.36. The van der Waals surface area contributed by atoms with Crippen molar-refractivity contribution in [1.29, 1.82) is 0 Å². The summed E-state index contributed by atoms with van der Waals surface area (Å²) in [6, 6.07) is 19.6. The van der Waals surface area contributed by atoms with E-state index in [1.54, 1.807) is 23.1 Å². The van der Waals surface area contributed by atoms with Crippen LogP contribution in [-0.4, -0.2) is 47.7 Å². The van der Waals surface area contributed by atoms with Crippen molar-refractivity contribution >= 4 is 24.0 Å². The predicted molar refractivity (Wildman–Crippen MR) is 157 cm³/mol. The predicted octanol–water partition coefficient (Wildman–Crippen LogP) is 6.15. The van der Waals surface area contributed by atoms with Gasteiger partial charge in [-0.25, -0.2) is 4.79 Å². The van der Waals surface area contributed by atoms with Crippen molar-refractivity contribution < 1.29 is 33.3 Å². The Balaban J connectivity index is 1.34. The molecular formula is C33H36N2O7. The maximum Gasteiger partial charge on any atom is 0.411 e. The number of Topliss-reactive ketones (excluding diaryl/α,β-unsaturated/α-hetero) is 1. The number of likely N-dealkylation sites (tertiary alicyclic amines) is 1. The molecule has 0 aromatic heterocycles.